The van der Waals surface area contributed by atoms with Crippen LogP contribution in [0.4, 0.5) is 5.69 Å². The van der Waals surface area contributed by atoms with E-state index in [1.54, 1.807) is 37.2 Å². The summed E-state index contributed by atoms with van der Waals surface area (Å²) in [7, 11) is -0.339. The summed E-state index contributed by atoms with van der Waals surface area (Å²) >= 11 is 6.42. The van der Waals surface area contributed by atoms with Crippen molar-refractivity contribution in [3.63, 3.8) is 0 Å². The number of carbonyl (C=O) groups is 2. The van der Waals surface area contributed by atoms with Crippen molar-refractivity contribution in [1.29, 1.82) is 0 Å². The maximum atomic E-state index is 13.2. The first kappa shape index (κ1) is 32.8. The fraction of sp³-hybridized carbons (Fsp3) is 0.543. The highest BCUT2D eigenvalue weighted by Gasteiger charge is 2.44. The quantitative estimate of drug-likeness (QED) is 0.451. The van der Waals surface area contributed by atoms with Gasteiger partial charge in [-0.3, -0.25) is 9.59 Å². The van der Waals surface area contributed by atoms with E-state index >= 15 is 0 Å². The van der Waals surface area contributed by atoms with Crippen LogP contribution in [0.2, 0.25) is 5.02 Å². The van der Waals surface area contributed by atoms with E-state index in [9.17, 15) is 18.0 Å². The predicted octanol–water partition coefficient (Wildman–Crippen LogP) is 5.11. The van der Waals surface area contributed by atoms with Crippen LogP contribution in [0.15, 0.2) is 48.6 Å². The zero-order valence-corrected chi connectivity index (χ0v) is 28.2. The van der Waals surface area contributed by atoms with Crippen LogP contribution in [-0.4, -0.2) is 77.4 Å². The lowest BCUT2D eigenvalue weighted by Gasteiger charge is -2.46. The van der Waals surface area contributed by atoms with Crippen molar-refractivity contribution in [1.82, 2.24) is 9.62 Å². The molecule has 6 rings (SSSR count). The van der Waals surface area contributed by atoms with Crippen LogP contribution in [0.3, 0.4) is 0 Å². The number of halogens is 1. The van der Waals surface area contributed by atoms with Gasteiger partial charge in [0.2, 0.25) is 15.9 Å². The Morgan fingerprint density at radius 1 is 1.17 bits per heavy atom. The number of ether oxygens (including phenoxy) is 2. The highest BCUT2D eigenvalue weighted by Crippen LogP contribution is 2.47. The molecule has 9 nitrogen and oxygen atoms in total. The monoisotopic (exact) mass is 669 g/mol. The maximum Gasteiger partial charge on any atom is 0.264 e. The molecule has 0 unspecified atom stereocenters. The first-order valence-corrected chi connectivity index (χ1v) is 18.4. The Bertz CT molecular complexity index is 1610. The molecule has 2 aliphatic carbocycles. The SMILES string of the molecule is CN(C)C(=O)CCO[C@@H]1/C=C/CCCS(=O)(=O)NC(=O)c2ccc3c(c2)N(C[C@@H]2CC[C@H]21)C[C@@]1(CCCc2cc(Cl)ccc21)CO3. The van der Waals surface area contributed by atoms with Crippen molar-refractivity contribution < 1.29 is 27.5 Å². The lowest BCUT2D eigenvalue weighted by atomic mass is 9.68. The van der Waals surface area contributed by atoms with Gasteiger partial charge < -0.3 is 19.3 Å². The molecule has 248 valence electrons. The molecule has 1 fully saturated rings. The molecular weight excluding hydrogens is 626 g/mol. The average molecular weight is 670 g/mol. The number of anilines is 1. The summed E-state index contributed by atoms with van der Waals surface area (Å²) in [6.45, 7) is 2.24. The fourth-order valence-electron chi connectivity index (χ4n) is 7.49. The average Bonchev–Trinajstić information content (AvgIpc) is 3.14. The molecule has 11 heteroatoms. The molecular formula is C35H44ClN3O6S. The summed E-state index contributed by atoms with van der Waals surface area (Å²) in [5.74, 6) is 0.472. The molecule has 2 aromatic rings. The first-order valence-electron chi connectivity index (χ1n) is 16.4. The summed E-state index contributed by atoms with van der Waals surface area (Å²) in [6, 6.07) is 11.4. The van der Waals surface area contributed by atoms with Crippen molar-refractivity contribution in [3.8, 4) is 5.75 Å². The van der Waals surface area contributed by atoms with Gasteiger partial charge in [0.05, 0.1) is 37.2 Å². The highest BCUT2D eigenvalue weighted by molar-refractivity contribution is 7.90. The van der Waals surface area contributed by atoms with E-state index in [-0.39, 0.29) is 34.7 Å². The Morgan fingerprint density at radius 3 is 2.80 bits per heavy atom. The molecule has 4 atom stereocenters. The molecule has 0 saturated heterocycles. The van der Waals surface area contributed by atoms with Gasteiger partial charge in [0.15, 0.2) is 0 Å². The number of benzene rings is 2. The van der Waals surface area contributed by atoms with Gasteiger partial charge in [-0.15, -0.1) is 0 Å². The molecule has 0 aromatic heterocycles. The molecule has 0 radical (unpaired) electrons. The maximum absolute atomic E-state index is 13.2. The number of nitrogens with zero attached hydrogens (tertiary/aromatic N) is 2. The van der Waals surface area contributed by atoms with Gasteiger partial charge in [-0.2, -0.15) is 0 Å². The molecule has 46 heavy (non-hydrogen) atoms. The van der Waals surface area contributed by atoms with E-state index in [0.717, 1.165) is 49.4 Å². The summed E-state index contributed by atoms with van der Waals surface area (Å²) in [4.78, 5) is 29.4. The van der Waals surface area contributed by atoms with E-state index in [2.05, 4.69) is 21.8 Å². The van der Waals surface area contributed by atoms with Crippen molar-refractivity contribution in [3.05, 3.63) is 70.3 Å². The number of rotatable bonds is 4. The summed E-state index contributed by atoms with van der Waals surface area (Å²) < 4.78 is 40.9. The van der Waals surface area contributed by atoms with Gasteiger partial charge >= 0.3 is 0 Å². The Balaban J connectivity index is 1.36. The Kier molecular flexibility index (Phi) is 9.69. The number of sulfonamides is 1. The molecule has 4 aliphatic rings. The largest absolute Gasteiger partial charge is 0.490 e. The van der Waals surface area contributed by atoms with E-state index in [1.807, 2.05) is 18.2 Å². The third-order valence-corrected chi connectivity index (χ3v) is 11.7. The van der Waals surface area contributed by atoms with Crippen molar-refractivity contribution in [2.45, 2.75) is 62.9 Å². The number of carbonyl (C=O) groups excluding carboxylic acids is 2. The number of hydrogen-bond donors (Lipinski definition) is 1. The highest BCUT2D eigenvalue weighted by atomic mass is 35.5. The zero-order valence-electron chi connectivity index (χ0n) is 26.7. The molecule has 2 bridgehead atoms. The minimum absolute atomic E-state index is 0.0194. The van der Waals surface area contributed by atoms with Gasteiger partial charge in [0.1, 0.15) is 5.75 Å². The van der Waals surface area contributed by atoms with E-state index in [4.69, 9.17) is 21.1 Å². The first-order chi connectivity index (χ1) is 22.0. The molecule has 2 amide bonds. The third-order valence-electron chi connectivity index (χ3n) is 10.1. The van der Waals surface area contributed by atoms with Crippen LogP contribution in [-0.2, 0) is 31.4 Å². The van der Waals surface area contributed by atoms with Crippen molar-refractivity contribution in [2.75, 3.05) is 51.1 Å². The fourth-order valence-corrected chi connectivity index (χ4v) is 8.74. The second kappa shape index (κ2) is 13.6. The minimum Gasteiger partial charge on any atom is -0.490 e. The van der Waals surface area contributed by atoms with E-state index in [0.29, 0.717) is 50.7 Å². The molecule has 1 spiro atoms. The number of hydrogen-bond acceptors (Lipinski definition) is 7. The minimum atomic E-state index is -3.83. The second-order valence-electron chi connectivity index (χ2n) is 13.5. The van der Waals surface area contributed by atoms with Crippen LogP contribution in [0.1, 0.15) is 66.4 Å². The molecule has 2 aromatic carbocycles. The number of aryl methyl sites for hydroxylation is 1. The van der Waals surface area contributed by atoms with E-state index < -0.39 is 15.9 Å². The van der Waals surface area contributed by atoms with Crippen molar-refractivity contribution >= 4 is 39.1 Å². The van der Waals surface area contributed by atoms with Gasteiger partial charge in [-0.05, 0) is 98.2 Å². The Labute approximate surface area is 277 Å². The predicted molar refractivity (Wildman–Crippen MR) is 179 cm³/mol. The summed E-state index contributed by atoms with van der Waals surface area (Å²) in [5, 5.41) is 0.730. The van der Waals surface area contributed by atoms with Crippen LogP contribution >= 0.6 is 11.6 Å². The number of fused-ring (bicyclic) bond motifs is 4. The lowest BCUT2D eigenvalue weighted by molar-refractivity contribution is -0.130. The van der Waals surface area contributed by atoms with E-state index in [1.165, 1.54) is 11.1 Å². The Morgan fingerprint density at radius 2 is 2.02 bits per heavy atom. The van der Waals surface area contributed by atoms with Crippen LogP contribution < -0.4 is 14.4 Å². The molecule has 2 heterocycles. The smallest absolute Gasteiger partial charge is 0.264 e. The summed E-state index contributed by atoms with van der Waals surface area (Å²) in [6.07, 6.45) is 10.1. The molecule has 2 aliphatic heterocycles. The molecule has 1 N–H and O–H groups in total. The number of nitrogens with one attached hydrogen (secondary N) is 1. The number of amides is 2. The van der Waals surface area contributed by atoms with Gasteiger partial charge in [-0.1, -0.05) is 29.8 Å². The normalized spacial score (nSPS) is 28.0. The topological polar surface area (TPSA) is 105 Å². The van der Waals surface area contributed by atoms with Crippen molar-refractivity contribution in [2.24, 2.45) is 11.8 Å². The summed E-state index contributed by atoms with van der Waals surface area (Å²) in [5.41, 5.74) is 3.31. The Hall–Kier alpha value is -3.08. The zero-order chi connectivity index (χ0) is 32.5. The van der Waals surface area contributed by atoms with Gasteiger partial charge in [-0.25, -0.2) is 13.1 Å². The molecule has 1 saturated carbocycles. The van der Waals surface area contributed by atoms with Gasteiger partial charge in [0, 0.05) is 43.2 Å². The second-order valence-corrected chi connectivity index (χ2v) is 15.8. The van der Waals surface area contributed by atoms with Crippen LogP contribution in [0, 0.1) is 11.8 Å². The van der Waals surface area contributed by atoms with Crippen LogP contribution in [0.5, 0.6) is 5.75 Å². The lowest BCUT2D eigenvalue weighted by Crippen LogP contribution is -2.49. The number of allylic oxidation sites excluding steroid dienone is 1. The third kappa shape index (κ3) is 7.09. The van der Waals surface area contributed by atoms with Gasteiger partial charge in [0.25, 0.3) is 5.91 Å². The standard InChI is InChI=1S/C35H44ClN3O6S/c1-38(2)33(40)15-17-44-31-8-4-3-5-18-46(42,43)37-34(41)25-10-14-32-30(20-25)39(21-26-9-12-28(26)31)22-35(23-45-32)16-6-7-24-19-27(36)11-13-29(24)35/h4,8,10-11,13-14,19-20,26,28,31H,3,5-7,9,12,15-18,21-23H2,1-2H3,(H,37,41)/b8-4+/t26-,28+,31+,35-/m0/s1. The van der Waals surface area contributed by atoms with Crippen LogP contribution in [0.25, 0.3) is 0 Å².